The minimum Gasteiger partial charge on any atom is -0.345 e. The van der Waals surface area contributed by atoms with Gasteiger partial charge in [-0.3, -0.25) is 4.79 Å². The molecular weight excluding hydrogens is 396 g/mol. The molecule has 2 aromatic carbocycles. The highest BCUT2D eigenvalue weighted by atomic mass is 35.5. The van der Waals surface area contributed by atoms with Crippen LogP contribution >= 0.6 is 34.5 Å². The number of nitrogens with zero attached hydrogens (tertiary/aromatic N) is 3. The molecule has 1 aliphatic rings. The Balaban J connectivity index is 1.48. The number of carbonyl (C=O) groups excluding carboxylic acids is 1. The fourth-order valence-corrected chi connectivity index (χ4v) is 4.54. The molecule has 0 spiro atoms. The number of benzene rings is 2. The summed E-state index contributed by atoms with van der Waals surface area (Å²) in [5.74, 6) is -0.632. The van der Waals surface area contributed by atoms with Crippen molar-refractivity contribution < 1.29 is 9.18 Å². The maximum Gasteiger partial charge on any atom is 0.255 e. The van der Waals surface area contributed by atoms with Crippen molar-refractivity contribution in [2.75, 3.05) is 31.1 Å². The molecule has 1 fully saturated rings. The molecule has 1 aliphatic heterocycles. The molecule has 4 nitrogen and oxygen atoms in total. The minimum absolute atomic E-state index is 0.137. The predicted molar refractivity (Wildman–Crippen MR) is 104 cm³/mol. The smallest absolute Gasteiger partial charge is 0.255 e. The van der Waals surface area contributed by atoms with Gasteiger partial charge in [0, 0.05) is 26.2 Å². The lowest BCUT2D eigenvalue weighted by Gasteiger charge is -2.34. The molecule has 0 aliphatic carbocycles. The summed E-state index contributed by atoms with van der Waals surface area (Å²) in [6.07, 6.45) is 0. The number of fused-ring (bicyclic) bond motifs is 1. The van der Waals surface area contributed by atoms with Gasteiger partial charge in [-0.25, -0.2) is 9.37 Å². The Labute approximate surface area is 163 Å². The van der Waals surface area contributed by atoms with Crippen molar-refractivity contribution in [3.63, 3.8) is 0 Å². The number of piperazine rings is 1. The molecule has 0 unspecified atom stereocenters. The van der Waals surface area contributed by atoms with Gasteiger partial charge >= 0.3 is 0 Å². The summed E-state index contributed by atoms with van der Waals surface area (Å²) in [5.41, 5.74) is 1.14. The van der Waals surface area contributed by atoms with E-state index in [0.29, 0.717) is 36.8 Å². The average Bonchev–Trinajstić information content (AvgIpc) is 3.07. The van der Waals surface area contributed by atoms with Crippen LogP contribution < -0.4 is 4.90 Å². The van der Waals surface area contributed by atoms with Gasteiger partial charge in [-0.15, -0.1) is 0 Å². The topological polar surface area (TPSA) is 36.4 Å². The number of amides is 1. The molecular formula is C18H14Cl2FN3OS. The normalized spacial score (nSPS) is 14.9. The summed E-state index contributed by atoms with van der Waals surface area (Å²) < 4.78 is 14.2. The third-order valence-electron chi connectivity index (χ3n) is 4.36. The summed E-state index contributed by atoms with van der Waals surface area (Å²) in [6.45, 7) is 2.44. The van der Waals surface area contributed by atoms with Crippen LogP contribution in [0.2, 0.25) is 10.0 Å². The Morgan fingerprint density at radius 3 is 2.54 bits per heavy atom. The molecule has 134 valence electrons. The SMILES string of the molecule is O=C(c1ccc(F)cc1Cl)N1CCN(c2nc3c(Cl)cccc3s2)CC1. The minimum atomic E-state index is -0.453. The first-order chi connectivity index (χ1) is 12.5. The fourth-order valence-electron chi connectivity index (χ4n) is 2.97. The van der Waals surface area contributed by atoms with Crippen molar-refractivity contribution >= 4 is 55.8 Å². The van der Waals surface area contributed by atoms with E-state index in [1.165, 1.54) is 12.1 Å². The van der Waals surface area contributed by atoms with Gasteiger partial charge in [0.1, 0.15) is 11.3 Å². The largest absolute Gasteiger partial charge is 0.345 e. The Morgan fingerprint density at radius 1 is 1.08 bits per heavy atom. The van der Waals surface area contributed by atoms with E-state index in [1.54, 1.807) is 16.2 Å². The number of hydrogen-bond donors (Lipinski definition) is 0. The lowest BCUT2D eigenvalue weighted by molar-refractivity contribution is 0.0747. The third kappa shape index (κ3) is 3.24. The standard InChI is InChI=1S/C18H14Cl2FN3OS/c19-13-2-1-3-15-16(13)22-18(26-15)24-8-6-23(7-9-24)17(25)12-5-4-11(21)10-14(12)20/h1-5,10H,6-9H2. The molecule has 0 atom stereocenters. The summed E-state index contributed by atoms with van der Waals surface area (Å²) in [6, 6.07) is 9.59. The van der Waals surface area contributed by atoms with Crippen molar-refractivity contribution in [3.8, 4) is 0 Å². The zero-order valence-electron chi connectivity index (χ0n) is 13.6. The summed E-state index contributed by atoms with van der Waals surface area (Å²) in [4.78, 5) is 21.1. The quantitative estimate of drug-likeness (QED) is 0.614. The second-order valence-corrected chi connectivity index (χ2v) is 7.81. The van der Waals surface area contributed by atoms with Crippen LogP contribution in [0.1, 0.15) is 10.4 Å². The van der Waals surface area contributed by atoms with Gasteiger partial charge in [0.05, 0.1) is 20.3 Å². The first kappa shape index (κ1) is 17.5. The molecule has 26 heavy (non-hydrogen) atoms. The molecule has 1 amide bonds. The van der Waals surface area contributed by atoms with E-state index in [1.807, 2.05) is 18.2 Å². The second kappa shape index (κ2) is 7.02. The highest BCUT2D eigenvalue weighted by Gasteiger charge is 2.25. The van der Waals surface area contributed by atoms with Gasteiger partial charge in [-0.2, -0.15) is 0 Å². The molecule has 1 saturated heterocycles. The summed E-state index contributed by atoms with van der Waals surface area (Å²) in [7, 11) is 0. The van der Waals surface area contributed by atoms with Crippen molar-refractivity contribution in [2.45, 2.75) is 0 Å². The summed E-state index contributed by atoms with van der Waals surface area (Å²) in [5, 5.41) is 1.68. The molecule has 8 heteroatoms. The molecule has 0 saturated carbocycles. The molecule has 1 aromatic heterocycles. The number of hydrogen-bond acceptors (Lipinski definition) is 4. The van der Waals surface area contributed by atoms with Gasteiger partial charge in [0.15, 0.2) is 5.13 Å². The van der Waals surface area contributed by atoms with Crippen LogP contribution in [0, 0.1) is 5.82 Å². The molecule has 3 aromatic rings. The van der Waals surface area contributed by atoms with Gasteiger partial charge in [0.25, 0.3) is 5.91 Å². The molecule has 0 N–H and O–H groups in total. The third-order valence-corrected chi connectivity index (χ3v) is 6.06. The van der Waals surface area contributed by atoms with Crippen LogP contribution in [0.25, 0.3) is 10.2 Å². The van der Waals surface area contributed by atoms with E-state index in [-0.39, 0.29) is 10.9 Å². The average molecular weight is 410 g/mol. The highest BCUT2D eigenvalue weighted by Crippen LogP contribution is 2.33. The van der Waals surface area contributed by atoms with Crippen molar-refractivity contribution in [1.82, 2.24) is 9.88 Å². The van der Waals surface area contributed by atoms with E-state index >= 15 is 0 Å². The van der Waals surface area contributed by atoms with Crippen molar-refractivity contribution in [2.24, 2.45) is 0 Å². The molecule has 2 heterocycles. The van der Waals surface area contributed by atoms with Crippen molar-refractivity contribution in [1.29, 1.82) is 0 Å². The molecule has 0 bridgehead atoms. The molecule has 0 radical (unpaired) electrons. The van der Waals surface area contributed by atoms with Gasteiger partial charge < -0.3 is 9.80 Å². The lowest BCUT2D eigenvalue weighted by atomic mass is 10.1. The lowest BCUT2D eigenvalue weighted by Crippen LogP contribution is -2.48. The Hall–Kier alpha value is -1.89. The first-order valence-electron chi connectivity index (χ1n) is 8.07. The Bertz CT molecular complexity index is 986. The maximum atomic E-state index is 13.2. The van der Waals surface area contributed by atoms with Crippen LogP contribution in [0.5, 0.6) is 0 Å². The number of anilines is 1. The second-order valence-electron chi connectivity index (χ2n) is 5.99. The zero-order chi connectivity index (χ0) is 18.3. The number of para-hydroxylation sites is 1. The van der Waals surface area contributed by atoms with Gasteiger partial charge in [0.2, 0.25) is 0 Å². The maximum absolute atomic E-state index is 13.2. The van der Waals surface area contributed by atoms with Gasteiger partial charge in [-0.1, -0.05) is 40.6 Å². The Morgan fingerprint density at radius 2 is 1.85 bits per heavy atom. The fraction of sp³-hybridized carbons (Fsp3) is 0.222. The first-order valence-corrected chi connectivity index (χ1v) is 9.64. The Kier molecular flexibility index (Phi) is 4.73. The van der Waals surface area contributed by atoms with Crippen LogP contribution in [-0.2, 0) is 0 Å². The monoisotopic (exact) mass is 409 g/mol. The number of aromatic nitrogens is 1. The number of carbonyl (C=O) groups is 1. The molecule has 4 rings (SSSR count). The van der Waals surface area contributed by atoms with E-state index in [2.05, 4.69) is 9.88 Å². The van der Waals surface area contributed by atoms with E-state index in [0.717, 1.165) is 21.4 Å². The van der Waals surface area contributed by atoms with E-state index in [9.17, 15) is 9.18 Å². The van der Waals surface area contributed by atoms with Crippen LogP contribution in [-0.4, -0.2) is 42.0 Å². The van der Waals surface area contributed by atoms with Crippen LogP contribution in [0.15, 0.2) is 36.4 Å². The van der Waals surface area contributed by atoms with E-state index in [4.69, 9.17) is 23.2 Å². The predicted octanol–water partition coefficient (Wildman–Crippen LogP) is 4.70. The van der Waals surface area contributed by atoms with E-state index < -0.39 is 5.82 Å². The number of halogens is 3. The van der Waals surface area contributed by atoms with Crippen molar-refractivity contribution in [3.05, 3.63) is 57.8 Å². The number of rotatable bonds is 2. The summed E-state index contributed by atoms with van der Waals surface area (Å²) >= 11 is 13.8. The van der Waals surface area contributed by atoms with Crippen LogP contribution in [0.3, 0.4) is 0 Å². The zero-order valence-corrected chi connectivity index (χ0v) is 15.9. The van der Waals surface area contributed by atoms with Crippen LogP contribution in [0.4, 0.5) is 9.52 Å². The highest BCUT2D eigenvalue weighted by molar-refractivity contribution is 7.22. The van der Waals surface area contributed by atoms with Gasteiger partial charge in [-0.05, 0) is 30.3 Å². The number of thiazole rings is 1.